The van der Waals surface area contributed by atoms with Crippen LogP contribution < -0.4 is 10.6 Å². The maximum atomic E-state index is 11.6. The minimum absolute atomic E-state index is 0.0721. The highest BCUT2D eigenvalue weighted by Gasteiger charge is 2.18. The quantitative estimate of drug-likeness (QED) is 0.623. The molecule has 1 unspecified atom stereocenters. The van der Waals surface area contributed by atoms with Crippen LogP contribution in [0.15, 0.2) is 28.7 Å². The van der Waals surface area contributed by atoms with Gasteiger partial charge in [0.2, 0.25) is 5.91 Å². The number of carbonyl (C=O) groups excluding carboxylic acids is 1. The molecule has 1 aromatic carbocycles. The summed E-state index contributed by atoms with van der Waals surface area (Å²) in [4.78, 5) is 11.6. The number of aliphatic hydroxyl groups excluding tert-OH is 1. The number of amides is 1. The molecule has 0 aliphatic heterocycles. The molecule has 1 atom stereocenters. The summed E-state index contributed by atoms with van der Waals surface area (Å²) in [5.74, 6) is -0.207. The molecule has 100 valence electrons. The zero-order valence-electron chi connectivity index (χ0n) is 10.1. The molecule has 18 heavy (non-hydrogen) atoms. The number of rotatable bonds is 6. The Labute approximate surface area is 114 Å². The minimum Gasteiger partial charge on any atom is -0.393 e. The molecule has 1 amide bonds. The van der Waals surface area contributed by atoms with Crippen molar-refractivity contribution in [3.8, 4) is 0 Å². The topological polar surface area (TPSA) is 81.6 Å². The molecule has 0 heterocycles. The van der Waals surface area contributed by atoms with Gasteiger partial charge in [0, 0.05) is 16.7 Å². The molecule has 1 rings (SSSR count). The molecule has 0 saturated heterocycles. The molecule has 0 radical (unpaired) electrons. The second-order valence-corrected chi connectivity index (χ2v) is 5.23. The van der Waals surface area contributed by atoms with Crippen LogP contribution >= 0.6 is 15.9 Å². The van der Waals surface area contributed by atoms with Gasteiger partial charge in [0.15, 0.2) is 0 Å². The van der Waals surface area contributed by atoms with E-state index >= 15 is 0 Å². The van der Waals surface area contributed by atoms with Crippen LogP contribution in [0.2, 0.25) is 0 Å². The first kappa shape index (κ1) is 15.1. The molecular formula is C12H17BrN2O3. The second-order valence-electron chi connectivity index (χ2n) is 4.32. The van der Waals surface area contributed by atoms with Crippen LogP contribution in [-0.2, 0) is 4.79 Å². The van der Waals surface area contributed by atoms with Gasteiger partial charge in [0.05, 0.1) is 18.8 Å². The fraction of sp³-hybridized carbons (Fsp3) is 0.417. The summed E-state index contributed by atoms with van der Waals surface area (Å²) in [6.07, 6.45) is 0. The van der Waals surface area contributed by atoms with Crippen LogP contribution in [0, 0.1) is 0 Å². The van der Waals surface area contributed by atoms with Gasteiger partial charge in [-0.25, -0.2) is 0 Å². The standard InChI is InChI=1S/C12H17BrN2O3/c1-12(18,8-16)7-14-6-11(17)15-10-4-2-3-9(13)5-10/h2-5,14,16,18H,6-8H2,1H3,(H,15,17). The van der Waals surface area contributed by atoms with E-state index in [1.54, 1.807) is 12.1 Å². The zero-order valence-corrected chi connectivity index (χ0v) is 11.7. The van der Waals surface area contributed by atoms with E-state index < -0.39 is 5.60 Å². The minimum atomic E-state index is -1.21. The van der Waals surface area contributed by atoms with E-state index in [9.17, 15) is 9.90 Å². The third kappa shape index (κ3) is 5.59. The highest BCUT2D eigenvalue weighted by Crippen LogP contribution is 2.15. The van der Waals surface area contributed by atoms with Gasteiger partial charge >= 0.3 is 0 Å². The number of hydrogen-bond donors (Lipinski definition) is 4. The van der Waals surface area contributed by atoms with Gasteiger partial charge in [-0.05, 0) is 25.1 Å². The van der Waals surface area contributed by atoms with E-state index in [4.69, 9.17) is 5.11 Å². The van der Waals surface area contributed by atoms with E-state index in [0.717, 1.165) is 4.47 Å². The summed E-state index contributed by atoms with van der Waals surface area (Å²) in [5.41, 5.74) is -0.513. The number of anilines is 1. The van der Waals surface area contributed by atoms with Crippen molar-refractivity contribution < 1.29 is 15.0 Å². The van der Waals surface area contributed by atoms with Crippen LogP contribution in [0.25, 0.3) is 0 Å². The van der Waals surface area contributed by atoms with Crippen LogP contribution in [0.5, 0.6) is 0 Å². The number of nitrogens with one attached hydrogen (secondary N) is 2. The number of benzene rings is 1. The highest BCUT2D eigenvalue weighted by atomic mass is 79.9. The van der Waals surface area contributed by atoms with Crippen molar-refractivity contribution in [3.63, 3.8) is 0 Å². The Hall–Kier alpha value is -0.950. The summed E-state index contributed by atoms with van der Waals surface area (Å²) in [5, 5.41) is 23.8. The maximum Gasteiger partial charge on any atom is 0.238 e. The Morgan fingerprint density at radius 3 is 2.83 bits per heavy atom. The van der Waals surface area contributed by atoms with Crippen LogP contribution in [-0.4, -0.2) is 41.4 Å². The summed E-state index contributed by atoms with van der Waals surface area (Å²) in [6.45, 7) is 1.36. The van der Waals surface area contributed by atoms with Gasteiger partial charge in [-0.2, -0.15) is 0 Å². The molecular weight excluding hydrogens is 300 g/mol. The van der Waals surface area contributed by atoms with Crippen molar-refractivity contribution in [2.24, 2.45) is 0 Å². The maximum absolute atomic E-state index is 11.6. The van der Waals surface area contributed by atoms with Crippen LogP contribution in [0.1, 0.15) is 6.92 Å². The molecule has 5 nitrogen and oxygen atoms in total. The van der Waals surface area contributed by atoms with Gasteiger partial charge < -0.3 is 20.8 Å². The van der Waals surface area contributed by atoms with Crippen molar-refractivity contribution >= 4 is 27.5 Å². The van der Waals surface area contributed by atoms with E-state index in [2.05, 4.69) is 26.6 Å². The SMILES string of the molecule is CC(O)(CO)CNCC(=O)Nc1cccc(Br)c1. The molecule has 0 bridgehead atoms. The van der Waals surface area contributed by atoms with Crippen LogP contribution in [0.3, 0.4) is 0 Å². The van der Waals surface area contributed by atoms with Crippen molar-refractivity contribution in [3.05, 3.63) is 28.7 Å². The first-order valence-corrected chi connectivity index (χ1v) is 6.32. The van der Waals surface area contributed by atoms with Crippen molar-refractivity contribution in [1.82, 2.24) is 5.32 Å². The van der Waals surface area contributed by atoms with Crippen LogP contribution in [0.4, 0.5) is 5.69 Å². The van der Waals surface area contributed by atoms with Gasteiger partial charge in [-0.3, -0.25) is 4.79 Å². The summed E-state index contributed by atoms with van der Waals surface area (Å²) >= 11 is 3.31. The Morgan fingerprint density at radius 2 is 2.22 bits per heavy atom. The molecule has 0 aliphatic carbocycles. The lowest BCUT2D eigenvalue weighted by Gasteiger charge is -2.20. The summed E-state index contributed by atoms with van der Waals surface area (Å²) in [6, 6.07) is 7.27. The molecule has 1 aromatic rings. The largest absolute Gasteiger partial charge is 0.393 e. The summed E-state index contributed by atoms with van der Waals surface area (Å²) in [7, 11) is 0. The second kappa shape index (κ2) is 6.84. The van der Waals surface area contributed by atoms with Crippen molar-refractivity contribution in [2.75, 3.05) is 25.0 Å². The molecule has 6 heteroatoms. The average molecular weight is 317 g/mol. The first-order chi connectivity index (χ1) is 8.43. The fourth-order valence-electron chi connectivity index (χ4n) is 1.27. The first-order valence-electron chi connectivity index (χ1n) is 5.52. The predicted octanol–water partition coefficient (Wildman–Crippen LogP) is 0.720. The number of halogens is 1. The third-order valence-electron chi connectivity index (χ3n) is 2.24. The molecule has 4 N–H and O–H groups in total. The van der Waals surface area contributed by atoms with Crippen molar-refractivity contribution in [1.29, 1.82) is 0 Å². The number of carbonyl (C=O) groups is 1. The highest BCUT2D eigenvalue weighted by molar-refractivity contribution is 9.10. The van der Waals surface area contributed by atoms with Crippen molar-refractivity contribution in [2.45, 2.75) is 12.5 Å². The molecule has 0 fully saturated rings. The predicted molar refractivity (Wildman–Crippen MR) is 73.4 cm³/mol. The third-order valence-corrected chi connectivity index (χ3v) is 2.73. The Balaban J connectivity index is 2.34. The van der Waals surface area contributed by atoms with E-state index in [1.165, 1.54) is 6.92 Å². The number of hydrogen-bond acceptors (Lipinski definition) is 4. The molecule has 0 aliphatic rings. The Kier molecular flexibility index (Phi) is 5.74. The zero-order chi connectivity index (χ0) is 13.6. The molecule has 0 aromatic heterocycles. The lowest BCUT2D eigenvalue weighted by molar-refractivity contribution is -0.115. The van der Waals surface area contributed by atoms with Gasteiger partial charge in [0.1, 0.15) is 0 Å². The molecule has 0 spiro atoms. The monoisotopic (exact) mass is 316 g/mol. The fourth-order valence-corrected chi connectivity index (χ4v) is 1.67. The average Bonchev–Trinajstić information content (AvgIpc) is 2.28. The van der Waals surface area contributed by atoms with E-state index in [0.29, 0.717) is 5.69 Å². The summed E-state index contributed by atoms with van der Waals surface area (Å²) < 4.78 is 0.886. The van der Waals surface area contributed by atoms with Gasteiger partial charge in [-0.1, -0.05) is 22.0 Å². The lowest BCUT2D eigenvalue weighted by atomic mass is 10.1. The Morgan fingerprint density at radius 1 is 1.50 bits per heavy atom. The Bertz CT molecular complexity index is 410. The lowest BCUT2D eigenvalue weighted by Crippen LogP contribution is -2.43. The normalized spacial score (nSPS) is 14.0. The van der Waals surface area contributed by atoms with E-state index in [-0.39, 0.29) is 25.6 Å². The smallest absolute Gasteiger partial charge is 0.238 e. The van der Waals surface area contributed by atoms with Gasteiger partial charge in [0.25, 0.3) is 0 Å². The molecule has 0 saturated carbocycles. The number of aliphatic hydroxyl groups is 2. The van der Waals surface area contributed by atoms with E-state index in [1.807, 2.05) is 12.1 Å². The van der Waals surface area contributed by atoms with Gasteiger partial charge in [-0.15, -0.1) is 0 Å².